The molecule has 1 aromatic heterocycles. The predicted octanol–water partition coefficient (Wildman–Crippen LogP) is 6.49. The highest BCUT2D eigenvalue weighted by Gasteiger charge is 2.51. The van der Waals surface area contributed by atoms with Gasteiger partial charge in [-0.1, -0.05) is 72.8 Å². The number of aromatic nitrogens is 2. The third kappa shape index (κ3) is 4.72. The summed E-state index contributed by atoms with van der Waals surface area (Å²) >= 11 is 0. The maximum absolute atomic E-state index is 12.7. The number of hydrogen-bond donors (Lipinski definition) is 2. The number of benzene rings is 3. The highest BCUT2D eigenvalue weighted by Crippen LogP contribution is 2.48. The topological polar surface area (TPSA) is 93.4 Å². The Morgan fingerprint density at radius 3 is 2.16 bits per heavy atom. The second-order valence-electron chi connectivity index (χ2n) is 9.60. The van der Waals surface area contributed by atoms with E-state index in [4.69, 9.17) is 4.74 Å². The molecule has 5 rings (SSSR count). The van der Waals surface area contributed by atoms with Gasteiger partial charge in [0.1, 0.15) is 11.9 Å². The summed E-state index contributed by atoms with van der Waals surface area (Å²) in [6.45, 7) is 3.84. The molecular weight excluding hydrogens is 466 g/mol. The van der Waals surface area contributed by atoms with Crippen LogP contribution in [0.15, 0.2) is 79.0 Å². The average molecular weight is 496 g/mol. The number of nitrogens with one attached hydrogen (secondary N) is 1. The molecule has 0 spiro atoms. The van der Waals surface area contributed by atoms with Crippen LogP contribution in [0.1, 0.15) is 42.6 Å². The molecule has 0 saturated heterocycles. The number of aryl methyl sites for hydroxylation is 2. The molecule has 0 bridgehead atoms. The molecular formula is C30H29N3O4. The van der Waals surface area contributed by atoms with Crippen LogP contribution in [-0.2, 0) is 22.0 Å². The molecule has 1 aliphatic rings. The van der Waals surface area contributed by atoms with Crippen molar-refractivity contribution in [3.63, 3.8) is 0 Å². The first-order valence-electron chi connectivity index (χ1n) is 12.3. The van der Waals surface area contributed by atoms with Gasteiger partial charge < -0.3 is 9.84 Å². The first-order valence-corrected chi connectivity index (χ1v) is 12.3. The molecule has 1 atom stereocenters. The molecule has 0 aliphatic heterocycles. The Bertz CT molecular complexity index is 1450. The smallest absolute Gasteiger partial charge is 0.413 e. The fourth-order valence-electron chi connectivity index (χ4n) is 4.77. The molecule has 1 unspecified atom stereocenters. The number of carbonyl (C=O) groups is 2. The summed E-state index contributed by atoms with van der Waals surface area (Å²) in [5, 5.41) is 16.7. The lowest BCUT2D eigenvalue weighted by molar-refractivity contribution is -0.140. The lowest BCUT2D eigenvalue weighted by atomic mass is 9.93. The zero-order valence-corrected chi connectivity index (χ0v) is 21.1. The molecule has 2 N–H and O–H groups in total. The maximum Gasteiger partial charge on any atom is 0.413 e. The number of rotatable bonds is 7. The van der Waals surface area contributed by atoms with Gasteiger partial charge in [0.05, 0.1) is 11.6 Å². The first kappa shape index (κ1) is 24.3. The van der Waals surface area contributed by atoms with Crippen molar-refractivity contribution in [1.82, 2.24) is 9.78 Å². The molecule has 37 heavy (non-hydrogen) atoms. The molecule has 7 nitrogen and oxygen atoms in total. The first-order chi connectivity index (χ1) is 17.8. The Morgan fingerprint density at radius 1 is 0.973 bits per heavy atom. The molecule has 7 heteroatoms. The lowest BCUT2D eigenvalue weighted by Crippen LogP contribution is -2.19. The van der Waals surface area contributed by atoms with E-state index in [9.17, 15) is 14.7 Å². The highest BCUT2D eigenvalue weighted by molar-refractivity contribution is 5.90. The number of nitrogens with zero attached hydrogens (tertiary/aromatic N) is 2. The Kier molecular flexibility index (Phi) is 6.29. The Hall–Kier alpha value is -4.39. The van der Waals surface area contributed by atoms with E-state index < -0.39 is 23.6 Å². The van der Waals surface area contributed by atoms with E-state index in [1.54, 1.807) is 17.9 Å². The largest absolute Gasteiger partial charge is 0.481 e. The summed E-state index contributed by atoms with van der Waals surface area (Å²) in [5.41, 5.74) is 5.88. The third-order valence-electron chi connectivity index (χ3n) is 7.20. The second-order valence-corrected chi connectivity index (χ2v) is 9.60. The number of carbonyl (C=O) groups excluding carboxylic acids is 1. The Morgan fingerprint density at radius 2 is 1.57 bits per heavy atom. The number of ether oxygens (including phenoxy) is 1. The van der Waals surface area contributed by atoms with E-state index >= 15 is 0 Å². The van der Waals surface area contributed by atoms with Gasteiger partial charge in [-0.3, -0.25) is 14.8 Å². The SMILES string of the molecule is Cc1ccccc1C(C)OC(=O)Nc1c(-c2ccc(-c3ccc(C4(C(=O)O)CC4)cc3)cc2)cnn1C. The number of amides is 1. The van der Waals surface area contributed by atoms with Crippen molar-refractivity contribution in [2.24, 2.45) is 7.05 Å². The normalized spacial score (nSPS) is 14.6. The van der Waals surface area contributed by atoms with Crippen LogP contribution in [0.3, 0.4) is 0 Å². The second kappa shape index (κ2) is 9.58. The van der Waals surface area contributed by atoms with Gasteiger partial charge in [0, 0.05) is 12.6 Å². The summed E-state index contributed by atoms with van der Waals surface area (Å²) in [7, 11) is 1.77. The van der Waals surface area contributed by atoms with Crippen molar-refractivity contribution in [3.8, 4) is 22.3 Å². The fourth-order valence-corrected chi connectivity index (χ4v) is 4.77. The molecule has 1 saturated carbocycles. The third-order valence-corrected chi connectivity index (χ3v) is 7.20. The van der Waals surface area contributed by atoms with Gasteiger partial charge in [-0.15, -0.1) is 0 Å². The number of carboxylic acids is 1. The van der Waals surface area contributed by atoms with Crippen LogP contribution in [-0.4, -0.2) is 26.9 Å². The van der Waals surface area contributed by atoms with E-state index in [0.29, 0.717) is 18.7 Å². The molecule has 1 heterocycles. The zero-order chi connectivity index (χ0) is 26.2. The molecule has 1 aliphatic carbocycles. The quantitative estimate of drug-likeness (QED) is 0.306. The van der Waals surface area contributed by atoms with Crippen LogP contribution in [0.5, 0.6) is 0 Å². The van der Waals surface area contributed by atoms with Crippen LogP contribution in [0.2, 0.25) is 0 Å². The molecule has 4 aromatic rings. The van der Waals surface area contributed by atoms with Gasteiger partial charge in [0.15, 0.2) is 0 Å². The molecule has 3 aromatic carbocycles. The summed E-state index contributed by atoms with van der Waals surface area (Å²) in [6.07, 6.45) is 2.15. The van der Waals surface area contributed by atoms with Crippen molar-refractivity contribution in [3.05, 3.63) is 95.7 Å². The zero-order valence-electron chi connectivity index (χ0n) is 21.1. The summed E-state index contributed by atoms with van der Waals surface area (Å²) < 4.78 is 7.25. The standard InChI is InChI=1S/C30H29N3O4/c1-19-6-4-5-7-25(19)20(2)37-29(36)32-27-26(18-31-33(27)3)23-10-8-21(9-11-23)22-12-14-24(15-13-22)30(16-17-30)28(34)35/h4-15,18,20H,16-17H2,1-3H3,(H,32,36)(H,34,35). The van der Waals surface area contributed by atoms with Gasteiger partial charge >= 0.3 is 12.1 Å². The van der Waals surface area contributed by atoms with Crippen LogP contribution in [0.25, 0.3) is 22.3 Å². The van der Waals surface area contributed by atoms with E-state index in [1.165, 1.54) is 0 Å². The number of carboxylic acid groups (broad SMARTS) is 1. The van der Waals surface area contributed by atoms with Crippen LogP contribution in [0.4, 0.5) is 10.6 Å². The monoisotopic (exact) mass is 495 g/mol. The van der Waals surface area contributed by atoms with E-state index in [1.807, 2.05) is 86.6 Å². The van der Waals surface area contributed by atoms with Crippen LogP contribution in [0, 0.1) is 6.92 Å². The molecule has 1 fully saturated rings. The van der Waals surface area contributed by atoms with Gasteiger partial charge in [-0.25, -0.2) is 4.79 Å². The van der Waals surface area contributed by atoms with Crippen LogP contribution >= 0.6 is 0 Å². The summed E-state index contributed by atoms with van der Waals surface area (Å²) in [6, 6.07) is 23.6. The van der Waals surface area contributed by atoms with Gasteiger partial charge in [-0.2, -0.15) is 5.10 Å². The highest BCUT2D eigenvalue weighted by atomic mass is 16.6. The minimum absolute atomic E-state index is 0.395. The Balaban J connectivity index is 1.30. The molecule has 188 valence electrons. The van der Waals surface area contributed by atoms with Crippen molar-refractivity contribution >= 4 is 17.9 Å². The predicted molar refractivity (Wildman–Crippen MR) is 142 cm³/mol. The number of anilines is 1. The van der Waals surface area contributed by atoms with Gasteiger partial charge in [0.2, 0.25) is 0 Å². The molecule has 0 radical (unpaired) electrons. The van der Waals surface area contributed by atoms with Crippen molar-refractivity contribution in [1.29, 1.82) is 0 Å². The van der Waals surface area contributed by atoms with Crippen molar-refractivity contribution in [2.45, 2.75) is 38.2 Å². The maximum atomic E-state index is 12.7. The molecule has 1 amide bonds. The van der Waals surface area contributed by atoms with E-state index in [-0.39, 0.29) is 0 Å². The van der Waals surface area contributed by atoms with Gasteiger partial charge in [-0.05, 0) is 60.1 Å². The van der Waals surface area contributed by atoms with Gasteiger partial charge in [0.25, 0.3) is 0 Å². The van der Waals surface area contributed by atoms with Crippen molar-refractivity contribution < 1.29 is 19.4 Å². The van der Waals surface area contributed by atoms with Crippen LogP contribution < -0.4 is 5.32 Å². The number of aliphatic carboxylic acids is 1. The summed E-state index contributed by atoms with van der Waals surface area (Å²) in [4.78, 5) is 24.3. The minimum Gasteiger partial charge on any atom is -0.481 e. The number of hydrogen-bond acceptors (Lipinski definition) is 4. The summed E-state index contributed by atoms with van der Waals surface area (Å²) in [5.74, 6) is -0.207. The van der Waals surface area contributed by atoms with E-state index in [0.717, 1.165) is 38.9 Å². The fraction of sp³-hybridized carbons (Fsp3) is 0.233. The van der Waals surface area contributed by atoms with Crippen molar-refractivity contribution in [2.75, 3.05) is 5.32 Å². The lowest BCUT2D eigenvalue weighted by Gasteiger charge is -2.17. The van der Waals surface area contributed by atoms with E-state index in [2.05, 4.69) is 10.4 Å². The minimum atomic E-state index is -0.751. The Labute approximate surface area is 215 Å². The average Bonchev–Trinajstić information content (AvgIpc) is 3.64.